The van der Waals surface area contributed by atoms with Crippen LogP contribution in [0, 0.1) is 5.92 Å². The van der Waals surface area contributed by atoms with Crippen molar-refractivity contribution >= 4 is 17.8 Å². The molecule has 110 valence electrons. The van der Waals surface area contributed by atoms with Gasteiger partial charge in [0.2, 0.25) is 17.7 Å². The van der Waals surface area contributed by atoms with Crippen molar-refractivity contribution in [3.8, 4) is 0 Å². The predicted octanol–water partition coefficient (Wildman–Crippen LogP) is -0.236. The smallest absolute Gasteiger partial charge is 0.291 e. The van der Waals surface area contributed by atoms with E-state index in [0.717, 1.165) is 12.8 Å². The highest BCUT2D eigenvalue weighted by atomic mass is 16.2. The van der Waals surface area contributed by atoms with Gasteiger partial charge in [-0.2, -0.15) is 4.98 Å². The molecule has 1 fully saturated rings. The van der Waals surface area contributed by atoms with Crippen molar-refractivity contribution in [1.29, 1.82) is 0 Å². The van der Waals surface area contributed by atoms with Gasteiger partial charge in [0.1, 0.15) is 0 Å². The molecule has 8 nitrogen and oxygen atoms in total. The maximum atomic E-state index is 12.1. The highest BCUT2D eigenvalue weighted by Gasteiger charge is 2.26. The molecule has 0 aliphatic carbocycles. The molecule has 1 aromatic rings. The Morgan fingerprint density at radius 2 is 2.05 bits per heavy atom. The summed E-state index contributed by atoms with van der Waals surface area (Å²) in [4.78, 5) is 29.2. The van der Waals surface area contributed by atoms with E-state index >= 15 is 0 Å². The molecule has 0 unspecified atom stereocenters. The number of aromatic amines is 1. The number of piperidine rings is 1. The molecule has 2 amide bonds. The lowest BCUT2D eigenvalue weighted by Crippen LogP contribution is -2.47. The Bertz CT molecular complexity index is 490. The van der Waals surface area contributed by atoms with E-state index in [1.165, 1.54) is 0 Å². The van der Waals surface area contributed by atoms with Crippen LogP contribution in [0.15, 0.2) is 0 Å². The summed E-state index contributed by atoms with van der Waals surface area (Å²) >= 11 is 0. The lowest BCUT2D eigenvalue weighted by Gasteiger charge is -2.32. The molecule has 20 heavy (non-hydrogen) atoms. The molecule has 2 heterocycles. The summed E-state index contributed by atoms with van der Waals surface area (Å²) in [5.74, 6) is 0.0482. The van der Waals surface area contributed by atoms with Gasteiger partial charge in [-0.3, -0.25) is 14.7 Å². The molecule has 0 bridgehead atoms. The second kappa shape index (κ2) is 5.89. The first kappa shape index (κ1) is 14.3. The van der Waals surface area contributed by atoms with Gasteiger partial charge in [-0.1, -0.05) is 13.8 Å². The number of rotatable bonds is 3. The molecule has 4 N–H and O–H groups in total. The summed E-state index contributed by atoms with van der Waals surface area (Å²) < 4.78 is 0. The van der Waals surface area contributed by atoms with E-state index in [-0.39, 0.29) is 35.5 Å². The summed E-state index contributed by atoms with van der Waals surface area (Å²) in [5, 5.41) is 9.15. The molecular formula is C12H20N6O2. The Morgan fingerprint density at radius 1 is 1.40 bits per heavy atom. The number of nitrogens with one attached hydrogen (secondary N) is 2. The Kier molecular flexibility index (Phi) is 4.21. The van der Waals surface area contributed by atoms with Crippen LogP contribution in [0.4, 0.5) is 5.95 Å². The molecule has 1 aromatic heterocycles. The highest BCUT2D eigenvalue weighted by Crippen LogP contribution is 2.13. The van der Waals surface area contributed by atoms with Gasteiger partial charge < -0.3 is 16.0 Å². The zero-order chi connectivity index (χ0) is 14.7. The molecule has 0 aromatic carbocycles. The molecule has 1 saturated heterocycles. The first-order valence-corrected chi connectivity index (χ1v) is 6.75. The monoisotopic (exact) mass is 280 g/mol. The van der Waals surface area contributed by atoms with Crippen LogP contribution in [-0.2, 0) is 4.79 Å². The van der Waals surface area contributed by atoms with Crippen LogP contribution in [0.3, 0.4) is 0 Å². The minimum absolute atomic E-state index is 0.0215. The highest BCUT2D eigenvalue weighted by molar-refractivity contribution is 5.90. The number of carbonyl (C=O) groups excluding carboxylic acids is 2. The van der Waals surface area contributed by atoms with Crippen LogP contribution in [0.2, 0.25) is 0 Å². The van der Waals surface area contributed by atoms with Crippen LogP contribution < -0.4 is 11.1 Å². The average Bonchev–Trinajstić information content (AvgIpc) is 2.85. The quantitative estimate of drug-likeness (QED) is 0.706. The van der Waals surface area contributed by atoms with E-state index in [4.69, 9.17) is 5.73 Å². The topological polar surface area (TPSA) is 117 Å². The number of nitrogens with two attached hydrogens (primary N) is 1. The van der Waals surface area contributed by atoms with Crippen molar-refractivity contribution in [2.45, 2.75) is 32.7 Å². The van der Waals surface area contributed by atoms with Gasteiger partial charge in [-0.15, -0.1) is 5.10 Å². The van der Waals surface area contributed by atoms with Crippen molar-refractivity contribution in [3.05, 3.63) is 5.82 Å². The van der Waals surface area contributed by atoms with Crippen molar-refractivity contribution in [2.75, 3.05) is 18.8 Å². The van der Waals surface area contributed by atoms with E-state index in [0.29, 0.717) is 13.1 Å². The van der Waals surface area contributed by atoms with E-state index in [1.807, 2.05) is 13.8 Å². The van der Waals surface area contributed by atoms with Gasteiger partial charge >= 0.3 is 0 Å². The second-order valence-corrected chi connectivity index (χ2v) is 5.27. The fraction of sp³-hybridized carbons (Fsp3) is 0.667. The van der Waals surface area contributed by atoms with E-state index < -0.39 is 0 Å². The molecule has 0 saturated carbocycles. The summed E-state index contributed by atoms with van der Waals surface area (Å²) in [6, 6.07) is 0.133. The van der Waals surface area contributed by atoms with Gasteiger partial charge in [0, 0.05) is 25.0 Å². The lowest BCUT2D eigenvalue weighted by atomic mass is 10.0. The van der Waals surface area contributed by atoms with Gasteiger partial charge in [0.25, 0.3) is 5.91 Å². The van der Waals surface area contributed by atoms with Crippen molar-refractivity contribution < 1.29 is 9.59 Å². The van der Waals surface area contributed by atoms with Crippen LogP contribution >= 0.6 is 0 Å². The largest absolute Gasteiger partial charge is 0.366 e. The minimum Gasteiger partial charge on any atom is -0.366 e. The molecule has 0 atom stereocenters. The second-order valence-electron chi connectivity index (χ2n) is 5.27. The first-order chi connectivity index (χ1) is 9.47. The molecule has 1 aliphatic rings. The molecule has 0 radical (unpaired) electrons. The number of likely N-dealkylation sites (tertiary alicyclic amines) is 1. The van der Waals surface area contributed by atoms with Crippen LogP contribution in [0.1, 0.15) is 37.3 Å². The predicted molar refractivity (Wildman–Crippen MR) is 72.7 cm³/mol. The standard InChI is InChI=1S/C12H20N6O2/c1-7(2)10(19)14-8-3-5-18(6-4-8)11(20)9-15-12(13)17-16-9/h7-8H,3-6H2,1-2H3,(H,14,19)(H3,13,15,16,17). The lowest BCUT2D eigenvalue weighted by molar-refractivity contribution is -0.124. The van der Waals surface area contributed by atoms with Crippen LogP contribution in [0.25, 0.3) is 0 Å². The Balaban J connectivity index is 1.85. The van der Waals surface area contributed by atoms with Crippen molar-refractivity contribution in [1.82, 2.24) is 25.4 Å². The summed E-state index contributed by atoms with van der Waals surface area (Å²) in [6.45, 7) is 4.90. The number of H-pyrrole nitrogens is 1. The third-order valence-corrected chi connectivity index (χ3v) is 3.36. The van der Waals surface area contributed by atoms with E-state index in [2.05, 4.69) is 20.5 Å². The zero-order valence-electron chi connectivity index (χ0n) is 11.7. The Labute approximate surface area is 117 Å². The third-order valence-electron chi connectivity index (χ3n) is 3.36. The number of amides is 2. The number of carbonyl (C=O) groups is 2. The molecular weight excluding hydrogens is 260 g/mol. The summed E-state index contributed by atoms with van der Waals surface area (Å²) in [7, 11) is 0. The molecule has 1 aliphatic heterocycles. The summed E-state index contributed by atoms with van der Waals surface area (Å²) in [6.07, 6.45) is 1.49. The van der Waals surface area contributed by atoms with Crippen LogP contribution in [-0.4, -0.2) is 51.0 Å². The SMILES string of the molecule is CC(C)C(=O)NC1CCN(C(=O)c2nc(N)n[nH]2)CC1. The molecule has 8 heteroatoms. The van der Waals surface area contributed by atoms with E-state index in [9.17, 15) is 9.59 Å². The Morgan fingerprint density at radius 3 is 2.55 bits per heavy atom. The van der Waals surface area contributed by atoms with Crippen LogP contribution in [0.5, 0.6) is 0 Å². The zero-order valence-corrected chi connectivity index (χ0v) is 11.7. The van der Waals surface area contributed by atoms with Gasteiger partial charge in [-0.25, -0.2) is 0 Å². The molecule has 2 rings (SSSR count). The summed E-state index contributed by atoms with van der Waals surface area (Å²) in [5.41, 5.74) is 5.38. The number of nitrogens with zero attached hydrogens (tertiary/aromatic N) is 3. The van der Waals surface area contributed by atoms with E-state index in [1.54, 1.807) is 4.90 Å². The normalized spacial score (nSPS) is 16.4. The van der Waals surface area contributed by atoms with Gasteiger partial charge in [0.05, 0.1) is 0 Å². The van der Waals surface area contributed by atoms with Gasteiger partial charge in [-0.05, 0) is 12.8 Å². The number of hydrogen-bond donors (Lipinski definition) is 3. The number of hydrogen-bond acceptors (Lipinski definition) is 5. The van der Waals surface area contributed by atoms with Gasteiger partial charge in [0.15, 0.2) is 0 Å². The third kappa shape index (κ3) is 3.25. The maximum Gasteiger partial charge on any atom is 0.291 e. The van der Waals surface area contributed by atoms with Crippen molar-refractivity contribution in [2.24, 2.45) is 5.92 Å². The maximum absolute atomic E-state index is 12.1. The fourth-order valence-corrected chi connectivity index (χ4v) is 2.11. The fourth-order valence-electron chi connectivity index (χ4n) is 2.11. The molecule has 0 spiro atoms. The number of aromatic nitrogens is 3. The van der Waals surface area contributed by atoms with Crippen molar-refractivity contribution in [3.63, 3.8) is 0 Å². The minimum atomic E-state index is -0.206. The number of anilines is 1. The Hall–Kier alpha value is -2.12. The first-order valence-electron chi connectivity index (χ1n) is 6.75. The number of nitrogen functional groups attached to an aromatic ring is 1. The average molecular weight is 280 g/mol.